The zero-order valence-corrected chi connectivity index (χ0v) is 15.5. The zero-order chi connectivity index (χ0) is 19.0. The molecule has 0 atom stereocenters. The van der Waals surface area contributed by atoms with E-state index in [2.05, 4.69) is 10.3 Å². The molecule has 6 nitrogen and oxygen atoms in total. The highest BCUT2D eigenvalue weighted by molar-refractivity contribution is 5.92. The minimum Gasteiger partial charge on any atom is -0.454 e. The average Bonchev–Trinajstić information content (AvgIpc) is 3.23. The maximum Gasteiger partial charge on any atom is 0.231 e. The lowest BCUT2D eigenvalue weighted by Gasteiger charge is -2.08. The monoisotopic (exact) mass is 364 g/mol. The molecule has 27 heavy (non-hydrogen) atoms. The van der Waals surface area contributed by atoms with Gasteiger partial charge in [0.2, 0.25) is 18.6 Å². The van der Waals surface area contributed by atoms with E-state index in [1.54, 1.807) is 0 Å². The lowest BCUT2D eigenvalue weighted by atomic mass is 10.1. The van der Waals surface area contributed by atoms with Crippen LogP contribution in [-0.2, 0) is 11.2 Å². The summed E-state index contributed by atoms with van der Waals surface area (Å²) < 4.78 is 16.5. The summed E-state index contributed by atoms with van der Waals surface area (Å²) in [7, 11) is 0. The Bertz CT molecular complexity index is 1020. The van der Waals surface area contributed by atoms with E-state index < -0.39 is 0 Å². The number of anilines is 1. The minimum absolute atomic E-state index is 0.129. The van der Waals surface area contributed by atoms with Crippen LogP contribution in [0.1, 0.15) is 22.6 Å². The number of carbonyl (C=O) groups excluding carboxylic acids is 1. The topological polar surface area (TPSA) is 73.6 Å². The molecular weight excluding hydrogens is 344 g/mol. The summed E-state index contributed by atoms with van der Waals surface area (Å²) in [5.41, 5.74) is 4.39. The molecule has 2 aromatic carbocycles. The Labute approximate surface area is 157 Å². The molecule has 1 N–H and O–H groups in total. The van der Waals surface area contributed by atoms with Crippen molar-refractivity contribution in [1.82, 2.24) is 4.98 Å². The van der Waals surface area contributed by atoms with Gasteiger partial charge in [-0.05, 0) is 50.6 Å². The van der Waals surface area contributed by atoms with E-state index >= 15 is 0 Å². The van der Waals surface area contributed by atoms with Crippen LogP contribution in [0.3, 0.4) is 0 Å². The average molecular weight is 364 g/mol. The highest BCUT2D eigenvalue weighted by atomic mass is 16.7. The third-order valence-electron chi connectivity index (χ3n) is 4.50. The summed E-state index contributed by atoms with van der Waals surface area (Å²) in [5, 5.41) is 2.94. The number of amides is 1. The maximum atomic E-state index is 12.4. The fraction of sp³-hybridized carbons (Fsp3) is 0.238. The molecule has 1 aromatic heterocycles. The molecule has 6 heteroatoms. The van der Waals surface area contributed by atoms with Gasteiger partial charge < -0.3 is 19.2 Å². The first-order valence-electron chi connectivity index (χ1n) is 8.73. The summed E-state index contributed by atoms with van der Waals surface area (Å²) >= 11 is 0. The number of hydrogen-bond donors (Lipinski definition) is 1. The molecule has 0 saturated carbocycles. The standard InChI is InChI=1S/C21H20N2O4/c1-12-4-6-16(13(2)8-12)22-20(24)10-17-14(3)27-21(23-17)15-5-7-18-19(9-15)26-11-25-18/h4-9H,10-11H2,1-3H3,(H,22,24). The van der Waals surface area contributed by atoms with Gasteiger partial charge in [-0.15, -0.1) is 0 Å². The highest BCUT2D eigenvalue weighted by Crippen LogP contribution is 2.36. The van der Waals surface area contributed by atoms with Gasteiger partial charge in [-0.2, -0.15) is 0 Å². The summed E-state index contributed by atoms with van der Waals surface area (Å²) in [4.78, 5) is 16.9. The first-order chi connectivity index (χ1) is 13.0. The fourth-order valence-electron chi connectivity index (χ4n) is 3.05. The number of ether oxygens (including phenoxy) is 2. The van der Waals surface area contributed by atoms with Gasteiger partial charge in [0.25, 0.3) is 0 Å². The fourth-order valence-corrected chi connectivity index (χ4v) is 3.05. The second kappa shape index (κ2) is 6.79. The number of nitrogens with one attached hydrogen (secondary N) is 1. The number of fused-ring (bicyclic) bond motifs is 1. The molecule has 1 aliphatic rings. The van der Waals surface area contributed by atoms with Gasteiger partial charge >= 0.3 is 0 Å². The van der Waals surface area contributed by atoms with Gasteiger partial charge in [-0.25, -0.2) is 4.98 Å². The first kappa shape index (κ1) is 17.1. The van der Waals surface area contributed by atoms with E-state index in [1.165, 1.54) is 0 Å². The summed E-state index contributed by atoms with van der Waals surface area (Å²) in [6.45, 7) is 6.02. The van der Waals surface area contributed by atoms with Crippen molar-refractivity contribution in [1.29, 1.82) is 0 Å². The molecule has 0 bridgehead atoms. The van der Waals surface area contributed by atoms with Crippen LogP contribution in [0.5, 0.6) is 11.5 Å². The van der Waals surface area contributed by atoms with Crippen molar-refractivity contribution in [3.8, 4) is 23.0 Å². The third-order valence-corrected chi connectivity index (χ3v) is 4.50. The van der Waals surface area contributed by atoms with E-state index in [1.807, 2.05) is 57.2 Å². The van der Waals surface area contributed by atoms with Crippen LogP contribution in [0, 0.1) is 20.8 Å². The van der Waals surface area contributed by atoms with Gasteiger partial charge in [-0.1, -0.05) is 17.7 Å². The number of carbonyl (C=O) groups is 1. The predicted octanol–water partition coefficient (Wildman–Crippen LogP) is 4.18. The molecule has 0 spiro atoms. The second-order valence-corrected chi connectivity index (χ2v) is 6.63. The van der Waals surface area contributed by atoms with E-state index in [0.29, 0.717) is 28.8 Å². The number of oxazole rings is 1. The molecule has 0 aliphatic carbocycles. The van der Waals surface area contributed by atoms with E-state index in [4.69, 9.17) is 13.9 Å². The van der Waals surface area contributed by atoms with Gasteiger partial charge in [0.1, 0.15) is 5.76 Å². The number of benzene rings is 2. The van der Waals surface area contributed by atoms with Crippen molar-refractivity contribution in [2.75, 3.05) is 12.1 Å². The molecule has 0 fully saturated rings. The highest BCUT2D eigenvalue weighted by Gasteiger charge is 2.19. The summed E-state index contributed by atoms with van der Waals surface area (Å²) in [6.07, 6.45) is 0.146. The van der Waals surface area contributed by atoms with Crippen molar-refractivity contribution in [3.05, 3.63) is 59.0 Å². The number of nitrogens with zero attached hydrogens (tertiary/aromatic N) is 1. The molecule has 2 heterocycles. The van der Waals surface area contributed by atoms with Crippen molar-refractivity contribution in [3.63, 3.8) is 0 Å². The Hall–Kier alpha value is -3.28. The van der Waals surface area contributed by atoms with Gasteiger partial charge in [0, 0.05) is 11.3 Å². The van der Waals surface area contributed by atoms with Gasteiger partial charge in [0.15, 0.2) is 11.5 Å². The molecular formula is C21H20N2O4. The van der Waals surface area contributed by atoms with Crippen molar-refractivity contribution >= 4 is 11.6 Å². The summed E-state index contributed by atoms with van der Waals surface area (Å²) in [5.74, 6) is 2.32. The van der Waals surface area contributed by atoms with Crippen LogP contribution in [0.15, 0.2) is 40.8 Å². The maximum absolute atomic E-state index is 12.4. The predicted molar refractivity (Wildman–Crippen MR) is 101 cm³/mol. The van der Waals surface area contributed by atoms with Crippen LogP contribution in [0.2, 0.25) is 0 Å². The molecule has 4 rings (SSSR count). The second-order valence-electron chi connectivity index (χ2n) is 6.63. The van der Waals surface area contributed by atoms with Crippen LogP contribution in [0.4, 0.5) is 5.69 Å². The number of hydrogen-bond acceptors (Lipinski definition) is 5. The molecule has 1 amide bonds. The van der Waals surface area contributed by atoms with E-state index in [9.17, 15) is 4.79 Å². The Morgan fingerprint density at radius 2 is 1.89 bits per heavy atom. The van der Waals surface area contributed by atoms with Gasteiger partial charge in [0.05, 0.1) is 12.1 Å². The Balaban J connectivity index is 1.50. The molecule has 0 radical (unpaired) electrons. The molecule has 0 saturated heterocycles. The quantitative estimate of drug-likeness (QED) is 0.752. The SMILES string of the molecule is Cc1ccc(NC(=O)Cc2nc(-c3ccc4c(c3)OCO4)oc2C)c(C)c1. The van der Waals surface area contributed by atoms with E-state index in [0.717, 1.165) is 22.4 Å². The number of rotatable bonds is 4. The Morgan fingerprint density at radius 3 is 2.70 bits per heavy atom. The first-order valence-corrected chi connectivity index (χ1v) is 8.73. The third kappa shape index (κ3) is 3.51. The molecule has 3 aromatic rings. The smallest absolute Gasteiger partial charge is 0.231 e. The van der Waals surface area contributed by atoms with Gasteiger partial charge in [-0.3, -0.25) is 4.79 Å². The molecule has 138 valence electrons. The lowest BCUT2D eigenvalue weighted by molar-refractivity contribution is -0.115. The molecule has 0 unspecified atom stereocenters. The van der Waals surface area contributed by atoms with E-state index in [-0.39, 0.29) is 19.1 Å². The Kier molecular flexibility index (Phi) is 4.32. The lowest BCUT2D eigenvalue weighted by Crippen LogP contribution is -2.16. The zero-order valence-electron chi connectivity index (χ0n) is 15.5. The van der Waals surface area contributed by atoms with Crippen LogP contribution in [0.25, 0.3) is 11.5 Å². The molecule has 1 aliphatic heterocycles. The van der Waals surface area contributed by atoms with Crippen LogP contribution >= 0.6 is 0 Å². The normalized spacial score (nSPS) is 12.3. The summed E-state index contributed by atoms with van der Waals surface area (Å²) in [6, 6.07) is 11.4. The largest absolute Gasteiger partial charge is 0.454 e. The van der Waals surface area contributed by atoms with Crippen LogP contribution < -0.4 is 14.8 Å². The van der Waals surface area contributed by atoms with Crippen molar-refractivity contribution < 1.29 is 18.7 Å². The number of aromatic nitrogens is 1. The minimum atomic E-state index is -0.129. The van der Waals surface area contributed by atoms with Crippen LogP contribution in [-0.4, -0.2) is 17.7 Å². The number of aryl methyl sites for hydroxylation is 3. The van der Waals surface area contributed by atoms with Crippen molar-refractivity contribution in [2.24, 2.45) is 0 Å². The van der Waals surface area contributed by atoms with Crippen molar-refractivity contribution in [2.45, 2.75) is 27.2 Å². The Morgan fingerprint density at radius 1 is 1.07 bits per heavy atom.